The predicted octanol–water partition coefficient (Wildman–Crippen LogP) is 1.73. The summed E-state index contributed by atoms with van der Waals surface area (Å²) < 4.78 is 10.2. The number of esters is 1. The maximum atomic E-state index is 11.5. The molecule has 0 fully saturated rings. The third-order valence-electron chi connectivity index (χ3n) is 1.91. The zero-order chi connectivity index (χ0) is 12.6. The summed E-state index contributed by atoms with van der Waals surface area (Å²) in [5, 5.41) is 3.25. The van der Waals surface area contributed by atoms with Gasteiger partial charge in [0.15, 0.2) is 0 Å². The molecule has 1 unspecified atom stereocenters. The quantitative estimate of drug-likeness (QED) is 0.535. The molecule has 16 heavy (non-hydrogen) atoms. The molecule has 96 valence electrons. The number of hydrogen-bond donors (Lipinski definition) is 1. The van der Waals surface area contributed by atoms with Crippen LogP contribution in [0, 0.1) is 0 Å². The highest BCUT2D eigenvalue weighted by atomic mass is 16.6. The van der Waals surface area contributed by atoms with Crippen LogP contribution in [0.5, 0.6) is 0 Å². The second-order valence-corrected chi connectivity index (χ2v) is 4.99. The van der Waals surface area contributed by atoms with Crippen molar-refractivity contribution in [1.82, 2.24) is 5.32 Å². The lowest BCUT2D eigenvalue weighted by molar-refractivity contribution is -0.155. The summed E-state index contributed by atoms with van der Waals surface area (Å²) in [5.74, 6) is -0.153. The molecule has 1 atom stereocenters. The molecule has 0 radical (unpaired) electrons. The Morgan fingerprint density at radius 1 is 1.38 bits per heavy atom. The smallest absolute Gasteiger partial charge is 0.307 e. The van der Waals surface area contributed by atoms with E-state index in [0.29, 0.717) is 6.42 Å². The first-order chi connectivity index (χ1) is 7.35. The van der Waals surface area contributed by atoms with E-state index in [1.807, 2.05) is 27.7 Å². The third-order valence-corrected chi connectivity index (χ3v) is 1.91. The molecule has 0 aromatic heterocycles. The molecule has 0 saturated carbocycles. The molecule has 4 nitrogen and oxygen atoms in total. The standard InChI is InChI=1S/C12H25NO3/c1-10(13-7-6-8-15-5)9-11(14)16-12(2,3)4/h10,13H,6-9H2,1-5H3. The van der Waals surface area contributed by atoms with Crippen LogP contribution in [0.1, 0.15) is 40.5 Å². The summed E-state index contributed by atoms with van der Waals surface area (Å²) in [6.45, 7) is 9.21. The van der Waals surface area contributed by atoms with Crippen LogP contribution in [0.25, 0.3) is 0 Å². The van der Waals surface area contributed by atoms with Crippen LogP contribution < -0.4 is 5.32 Å². The number of carbonyl (C=O) groups is 1. The Labute approximate surface area is 98.7 Å². The normalized spacial score (nSPS) is 13.6. The molecule has 0 bridgehead atoms. The molecule has 0 spiro atoms. The second-order valence-electron chi connectivity index (χ2n) is 4.99. The number of methoxy groups -OCH3 is 1. The number of nitrogens with one attached hydrogen (secondary N) is 1. The molecule has 0 aliphatic carbocycles. The molecule has 0 aromatic carbocycles. The van der Waals surface area contributed by atoms with Gasteiger partial charge in [-0.3, -0.25) is 4.79 Å². The van der Waals surface area contributed by atoms with Crippen molar-refractivity contribution in [2.45, 2.75) is 52.2 Å². The van der Waals surface area contributed by atoms with Gasteiger partial charge in [-0.25, -0.2) is 0 Å². The minimum absolute atomic E-state index is 0.145. The maximum Gasteiger partial charge on any atom is 0.307 e. The maximum absolute atomic E-state index is 11.5. The van der Waals surface area contributed by atoms with Crippen LogP contribution in [0.15, 0.2) is 0 Å². The first-order valence-corrected chi connectivity index (χ1v) is 5.79. The van der Waals surface area contributed by atoms with Gasteiger partial charge in [0.2, 0.25) is 0 Å². The van der Waals surface area contributed by atoms with Gasteiger partial charge in [0.05, 0.1) is 6.42 Å². The Kier molecular flexibility index (Phi) is 7.34. The molecule has 0 amide bonds. The average Bonchev–Trinajstić information content (AvgIpc) is 2.09. The molecule has 0 saturated heterocycles. The van der Waals surface area contributed by atoms with Crippen molar-refractivity contribution in [3.63, 3.8) is 0 Å². The van der Waals surface area contributed by atoms with E-state index in [4.69, 9.17) is 9.47 Å². The monoisotopic (exact) mass is 231 g/mol. The van der Waals surface area contributed by atoms with Crippen molar-refractivity contribution < 1.29 is 14.3 Å². The fraction of sp³-hybridized carbons (Fsp3) is 0.917. The Morgan fingerprint density at radius 2 is 2.00 bits per heavy atom. The van der Waals surface area contributed by atoms with E-state index < -0.39 is 5.60 Å². The summed E-state index contributed by atoms with van der Waals surface area (Å²) in [6, 6.07) is 0.145. The summed E-state index contributed by atoms with van der Waals surface area (Å²) in [7, 11) is 1.68. The molecule has 0 heterocycles. The fourth-order valence-corrected chi connectivity index (χ4v) is 1.27. The lowest BCUT2D eigenvalue weighted by Crippen LogP contribution is -2.33. The third kappa shape index (κ3) is 9.93. The first kappa shape index (κ1) is 15.4. The van der Waals surface area contributed by atoms with Crippen molar-refractivity contribution in [2.75, 3.05) is 20.3 Å². The Balaban J connectivity index is 3.62. The lowest BCUT2D eigenvalue weighted by atomic mass is 10.2. The Morgan fingerprint density at radius 3 is 2.50 bits per heavy atom. The zero-order valence-electron chi connectivity index (χ0n) is 11.1. The van der Waals surface area contributed by atoms with Crippen LogP contribution in [0.4, 0.5) is 0 Å². The number of carbonyl (C=O) groups excluding carboxylic acids is 1. The number of ether oxygens (including phenoxy) is 2. The molecule has 0 rings (SSSR count). The first-order valence-electron chi connectivity index (χ1n) is 5.79. The minimum atomic E-state index is -0.396. The fourth-order valence-electron chi connectivity index (χ4n) is 1.27. The van der Waals surface area contributed by atoms with Gasteiger partial charge in [-0.2, -0.15) is 0 Å². The molecular weight excluding hydrogens is 206 g/mol. The van der Waals surface area contributed by atoms with Crippen LogP contribution in [-0.4, -0.2) is 37.9 Å². The van der Waals surface area contributed by atoms with E-state index in [9.17, 15) is 4.79 Å². The topological polar surface area (TPSA) is 47.6 Å². The second kappa shape index (κ2) is 7.63. The van der Waals surface area contributed by atoms with E-state index in [0.717, 1.165) is 19.6 Å². The SMILES string of the molecule is COCCCNC(C)CC(=O)OC(C)(C)C. The van der Waals surface area contributed by atoms with Crippen molar-refractivity contribution >= 4 is 5.97 Å². The molecule has 0 aliphatic heterocycles. The molecule has 1 N–H and O–H groups in total. The van der Waals surface area contributed by atoms with Crippen LogP contribution in [-0.2, 0) is 14.3 Å². The number of rotatable bonds is 7. The average molecular weight is 231 g/mol. The lowest BCUT2D eigenvalue weighted by Gasteiger charge is -2.21. The van der Waals surface area contributed by atoms with Crippen molar-refractivity contribution in [2.24, 2.45) is 0 Å². The summed E-state index contributed by atoms with van der Waals surface area (Å²) in [6.07, 6.45) is 1.36. The minimum Gasteiger partial charge on any atom is -0.460 e. The van der Waals surface area contributed by atoms with Gasteiger partial charge in [0.25, 0.3) is 0 Å². The van der Waals surface area contributed by atoms with Crippen LogP contribution in [0.2, 0.25) is 0 Å². The summed E-state index contributed by atoms with van der Waals surface area (Å²) in [4.78, 5) is 11.5. The van der Waals surface area contributed by atoms with Gasteiger partial charge in [-0.1, -0.05) is 0 Å². The largest absolute Gasteiger partial charge is 0.460 e. The van der Waals surface area contributed by atoms with Gasteiger partial charge in [-0.15, -0.1) is 0 Å². The molecular formula is C12H25NO3. The highest BCUT2D eigenvalue weighted by Crippen LogP contribution is 2.09. The van der Waals surface area contributed by atoms with Crippen molar-refractivity contribution in [3.05, 3.63) is 0 Å². The van der Waals surface area contributed by atoms with E-state index in [1.165, 1.54) is 0 Å². The van der Waals surface area contributed by atoms with E-state index >= 15 is 0 Å². The number of hydrogen-bond acceptors (Lipinski definition) is 4. The van der Waals surface area contributed by atoms with Gasteiger partial charge in [0, 0.05) is 19.8 Å². The predicted molar refractivity (Wildman–Crippen MR) is 64.4 cm³/mol. The summed E-state index contributed by atoms with van der Waals surface area (Å²) in [5.41, 5.74) is -0.396. The van der Waals surface area contributed by atoms with Crippen molar-refractivity contribution in [1.29, 1.82) is 0 Å². The molecule has 0 aliphatic rings. The molecule has 0 aromatic rings. The highest BCUT2D eigenvalue weighted by Gasteiger charge is 2.17. The molecule has 4 heteroatoms. The van der Waals surface area contributed by atoms with Crippen molar-refractivity contribution in [3.8, 4) is 0 Å². The Bertz CT molecular complexity index is 199. The van der Waals surface area contributed by atoms with Gasteiger partial charge >= 0.3 is 5.97 Å². The van der Waals surface area contributed by atoms with Gasteiger partial charge in [0.1, 0.15) is 5.60 Å². The van der Waals surface area contributed by atoms with E-state index in [2.05, 4.69) is 5.32 Å². The van der Waals surface area contributed by atoms with E-state index in [1.54, 1.807) is 7.11 Å². The van der Waals surface area contributed by atoms with Gasteiger partial charge < -0.3 is 14.8 Å². The zero-order valence-corrected chi connectivity index (χ0v) is 11.1. The van der Waals surface area contributed by atoms with Crippen LogP contribution >= 0.6 is 0 Å². The van der Waals surface area contributed by atoms with Crippen LogP contribution in [0.3, 0.4) is 0 Å². The van der Waals surface area contributed by atoms with E-state index in [-0.39, 0.29) is 12.0 Å². The highest BCUT2D eigenvalue weighted by molar-refractivity contribution is 5.70. The Hall–Kier alpha value is -0.610. The van der Waals surface area contributed by atoms with Gasteiger partial charge in [-0.05, 0) is 40.7 Å². The summed E-state index contributed by atoms with van der Waals surface area (Å²) >= 11 is 0.